The van der Waals surface area contributed by atoms with E-state index in [-0.39, 0.29) is 5.25 Å². The number of aromatic amines is 1. The summed E-state index contributed by atoms with van der Waals surface area (Å²) in [5.41, 5.74) is 2.51. The molecule has 0 radical (unpaired) electrons. The average Bonchev–Trinajstić information content (AvgIpc) is 3.39. The highest BCUT2D eigenvalue weighted by atomic mass is 32.2. The van der Waals surface area contributed by atoms with Crippen LogP contribution in [0.15, 0.2) is 53.9 Å². The number of benzene rings is 1. The van der Waals surface area contributed by atoms with Gasteiger partial charge in [0.2, 0.25) is 0 Å². The van der Waals surface area contributed by atoms with Crippen molar-refractivity contribution in [3.63, 3.8) is 0 Å². The minimum Gasteiger partial charge on any atom is -0.384 e. The van der Waals surface area contributed by atoms with Gasteiger partial charge in [0, 0.05) is 36.1 Å². The number of ether oxygens (including phenoxy) is 1. The lowest BCUT2D eigenvalue weighted by Crippen LogP contribution is -2.35. The fourth-order valence-electron chi connectivity index (χ4n) is 3.74. The van der Waals surface area contributed by atoms with E-state index >= 15 is 0 Å². The molecule has 3 aromatic heterocycles. The summed E-state index contributed by atoms with van der Waals surface area (Å²) >= 11 is 0. The maximum absolute atomic E-state index is 12.9. The molecule has 4 aromatic rings. The number of nitrogens with zero attached hydrogens (tertiary/aromatic N) is 5. The van der Waals surface area contributed by atoms with Gasteiger partial charge in [-0.3, -0.25) is 9.31 Å². The Kier molecular flexibility index (Phi) is 4.69. The summed E-state index contributed by atoms with van der Waals surface area (Å²) in [5, 5.41) is 12.3. The monoisotopic (exact) mass is 408 g/mol. The highest BCUT2D eigenvalue weighted by molar-refractivity contribution is 7.85. The van der Waals surface area contributed by atoms with Crippen LogP contribution in [-0.4, -0.2) is 53.1 Å². The molecule has 3 heterocycles. The summed E-state index contributed by atoms with van der Waals surface area (Å²) < 4.78 is 19.8. The van der Waals surface area contributed by atoms with Gasteiger partial charge in [0.1, 0.15) is 6.33 Å². The van der Waals surface area contributed by atoms with Crippen LogP contribution in [0.5, 0.6) is 0 Å². The lowest BCUT2D eigenvalue weighted by Gasteiger charge is -2.33. The second-order valence-corrected chi connectivity index (χ2v) is 8.97. The normalized spacial score (nSPS) is 19.9. The average molecular weight is 408 g/mol. The van der Waals surface area contributed by atoms with Crippen LogP contribution >= 0.6 is 0 Å². The first kappa shape index (κ1) is 18.1. The molecule has 1 saturated carbocycles. The number of H-pyrrole nitrogens is 1. The number of fused-ring (bicyclic) bond motifs is 1. The SMILES string of the molecule is COCC1CC([S@@](=O)c2cnc3c(cnn3-c3cccc(-c4ncn[nH]4)c3)c2)C1. The predicted molar refractivity (Wildman–Crippen MR) is 109 cm³/mol. The van der Waals surface area contributed by atoms with Crippen molar-refractivity contribution in [3.8, 4) is 17.1 Å². The van der Waals surface area contributed by atoms with Gasteiger partial charge in [-0.1, -0.05) is 12.1 Å². The third-order valence-corrected chi connectivity index (χ3v) is 6.97. The Hall–Kier alpha value is -2.91. The van der Waals surface area contributed by atoms with Gasteiger partial charge in [0.05, 0.1) is 27.6 Å². The predicted octanol–water partition coefficient (Wildman–Crippen LogP) is 2.74. The van der Waals surface area contributed by atoms with E-state index in [4.69, 9.17) is 4.74 Å². The Labute approximate surface area is 169 Å². The van der Waals surface area contributed by atoms with Crippen LogP contribution < -0.4 is 0 Å². The number of aromatic nitrogens is 6. The molecule has 0 amide bonds. The molecule has 1 aliphatic rings. The van der Waals surface area contributed by atoms with E-state index < -0.39 is 10.8 Å². The third kappa shape index (κ3) is 3.36. The number of hydrogen-bond acceptors (Lipinski definition) is 6. The van der Waals surface area contributed by atoms with Gasteiger partial charge >= 0.3 is 0 Å². The summed E-state index contributed by atoms with van der Waals surface area (Å²) in [5.74, 6) is 1.21. The van der Waals surface area contributed by atoms with Crippen molar-refractivity contribution in [3.05, 3.63) is 49.1 Å². The largest absolute Gasteiger partial charge is 0.384 e. The molecular formula is C20H20N6O2S. The zero-order chi connectivity index (χ0) is 19.8. The smallest absolute Gasteiger partial charge is 0.162 e. The fourth-order valence-corrected chi connectivity index (χ4v) is 5.42. The third-order valence-electron chi connectivity index (χ3n) is 5.29. The van der Waals surface area contributed by atoms with Crippen molar-refractivity contribution >= 4 is 21.8 Å². The number of pyridine rings is 1. The second-order valence-electron chi connectivity index (χ2n) is 7.24. The Morgan fingerprint density at radius 2 is 2.14 bits per heavy atom. The van der Waals surface area contributed by atoms with E-state index in [9.17, 15) is 4.21 Å². The van der Waals surface area contributed by atoms with Crippen LogP contribution in [0.3, 0.4) is 0 Å². The minimum absolute atomic E-state index is 0.183. The lowest BCUT2D eigenvalue weighted by atomic mass is 9.85. The van der Waals surface area contributed by atoms with Crippen molar-refractivity contribution in [2.75, 3.05) is 13.7 Å². The molecule has 0 unspecified atom stereocenters. The highest BCUT2D eigenvalue weighted by Crippen LogP contribution is 2.34. The van der Waals surface area contributed by atoms with Gasteiger partial charge < -0.3 is 4.74 Å². The van der Waals surface area contributed by atoms with Gasteiger partial charge in [-0.2, -0.15) is 10.2 Å². The summed E-state index contributed by atoms with van der Waals surface area (Å²) in [4.78, 5) is 9.53. The van der Waals surface area contributed by atoms with Crippen LogP contribution in [0.25, 0.3) is 28.1 Å². The van der Waals surface area contributed by atoms with E-state index in [0.717, 1.165) is 46.6 Å². The fraction of sp³-hybridized carbons (Fsp3) is 0.300. The van der Waals surface area contributed by atoms with Crippen molar-refractivity contribution < 1.29 is 8.95 Å². The molecule has 9 heteroatoms. The minimum atomic E-state index is -1.06. The van der Waals surface area contributed by atoms with Gasteiger partial charge in [-0.25, -0.2) is 14.6 Å². The van der Waals surface area contributed by atoms with Crippen LogP contribution in [0.2, 0.25) is 0 Å². The second kappa shape index (κ2) is 7.49. The molecule has 0 saturated heterocycles. The maximum Gasteiger partial charge on any atom is 0.162 e. The van der Waals surface area contributed by atoms with E-state index in [0.29, 0.717) is 11.7 Å². The summed E-state index contributed by atoms with van der Waals surface area (Å²) in [6.45, 7) is 0.741. The Bertz CT molecular complexity index is 1170. The summed E-state index contributed by atoms with van der Waals surface area (Å²) in [6.07, 6.45) is 6.83. The zero-order valence-corrected chi connectivity index (χ0v) is 16.7. The first-order valence-corrected chi connectivity index (χ1v) is 10.6. The van der Waals surface area contributed by atoms with Crippen molar-refractivity contribution in [2.24, 2.45) is 5.92 Å². The molecule has 148 valence electrons. The Balaban J connectivity index is 1.42. The van der Waals surface area contributed by atoms with Crippen LogP contribution in [0, 0.1) is 5.92 Å². The molecule has 1 fully saturated rings. The van der Waals surface area contributed by atoms with Gasteiger partial charge in [-0.05, 0) is 37.0 Å². The lowest BCUT2D eigenvalue weighted by molar-refractivity contribution is 0.114. The van der Waals surface area contributed by atoms with E-state index in [1.165, 1.54) is 6.33 Å². The molecule has 1 atom stereocenters. The number of nitrogens with one attached hydrogen (secondary N) is 1. The van der Waals surface area contributed by atoms with E-state index in [1.54, 1.807) is 24.2 Å². The van der Waals surface area contributed by atoms with E-state index in [1.807, 2.05) is 30.3 Å². The number of hydrogen-bond donors (Lipinski definition) is 1. The first-order chi connectivity index (χ1) is 14.2. The Morgan fingerprint density at radius 3 is 2.93 bits per heavy atom. The van der Waals surface area contributed by atoms with Gasteiger partial charge in [0.15, 0.2) is 11.5 Å². The first-order valence-electron chi connectivity index (χ1n) is 9.42. The molecule has 8 nitrogen and oxygen atoms in total. The summed E-state index contributed by atoms with van der Waals surface area (Å²) in [7, 11) is 0.654. The molecule has 1 N–H and O–H groups in total. The van der Waals surface area contributed by atoms with Gasteiger partial charge in [0.25, 0.3) is 0 Å². The maximum atomic E-state index is 12.9. The number of methoxy groups -OCH3 is 1. The molecule has 0 aliphatic heterocycles. The van der Waals surface area contributed by atoms with Crippen molar-refractivity contribution in [1.82, 2.24) is 29.9 Å². The van der Waals surface area contributed by atoms with Crippen LogP contribution in [0.1, 0.15) is 12.8 Å². The number of rotatable bonds is 6. The molecule has 29 heavy (non-hydrogen) atoms. The van der Waals surface area contributed by atoms with Crippen molar-refractivity contribution in [1.29, 1.82) is 0 Å². The van der Waals surface area contributed by atoms with Crippen LogP contribution in [0.4, 0.5) is 0 Å². The molecule has 1 aliphatic carbocycles. The topological polar surface area (TPSA) is 98.6 Å². The van der Waals surface area contributed by atoms with Crippen LogP contribution in [-0.2, 0) is 15.5 Å². The quantitative estimate of drug-likeness (QED) is 0.527. The van der Waals surface area contributed by atoms with Crippen molar-refractivity contribution in [2.45, 2.75) is 23.0 Å². The van der Waals surface area contributed by atoms with E-state index in [2.05, 4.69) is 25.3 Å². The molecule has 0 spiro atoms. The highest BCUT2D eigenvalue weighted by Gasteiger charge is 2.34. The van der Waals surface area contributed by atoms with Gasteiger partial charge in [-0.15, -0.1) is 0 Å². The standard InChI is InChI=1S/C20H20N6O2S/c1-28-11-13-5-17(6-13)29(27)18-8-15-9-24-26(20(15)21-10-18)16-4-2-3-14(7-16)19-22-12-23-25-19/h2-4,7-10,12-13,17H,5-6,11H2,1H3,(H,22,23,25)/t13?,17?,29-/m1/s1. The molecule has 1 aromatic carbocycles. The summed E-state index contributed by atoms with van der Waals surface area (Å²) in [6, 6.07) is 9.78. The molecule has 0 bridgehead atoms. The molecular weight excluding hydrogens is 388 g/mol. The molecule has 5 rings (SSSR count). The zero-order valence-electron chi connectivity index (χ0n) is 15.9. The Morgan fingerprint density at radius 1 is 1.24 bits per heavy atom.